The largest absolute Gasteiger partial charge is 0.500 e. The van der Waals surface area contributed by atoms with Crippen molar-refractivity contribution in [2.45, 2.75) is 76.4 Å². The van der Waals surface area contributed by atoms with E-state index in [0.29, 0.717) is 12.8 Å². The minimum Gasteiger partial charge on any atom is -0.500 e. The van der Waals surface area contributed by atoms with Gasteiger partial charge >= 0.3 is 11.9 Å². The lowest BCUT2D eigenvalue weighted by Gasteiger charge is -2.36. The van der Waals surface area contributed by atoms with Gasteiger partial charge in [-0.25, -0.2) is 0 Å². The molecule has 0 aliphatic heterocycles. The van der Waals surface area contributed by atoms with Gasteiger partial charge in [-0.2, -0.15) is 0 Å². The number of aliphatic hydroxyl groups excluding tert-OH is 2. The predicted molar refractivity (Wildman–Crippen MR) is 111 cm³/mol. The molecule has 4 N–H and O–H groups in total. The topological polar surface area (TPSA) is 134 Å². The van der Waals surface area contributed by atoms with E-state index in [1.807, 2.05) is 13.8 Å². The number of carboxylic acid groups (broad SMARTS) is 2. The second kappa shape index (κ2) is 13.0. The summed E-state index contributed by atoms with van der Waals surface area (Å²) in [4.78, 5) is 22.7. The number of aliphatic carboxylic acids is 2. The van der Waals surface area contributed by atoms with Crippen LogP contribution in [0.2, 0.25) is 0 Å². The van der Waals surface area contributed by atoms with Crippen LogP contribution >= 0.6 is 24.4 Å². The average molecular weight is 439 g/mol. The first-order valence-corrected chi connectivity index (χ1v) is 10.0. The molecule has 0 heterocycles. The Bertz CT molecular complexity index is 506. The van der Waals surface area contributed by atoms with Crippen LogP contribution in [0.1, 0.15) is 65.2 Å². The van der Waals surface area contributed by atoms with Gasteiger partial charge in [0.2, 0.25) is 0 Å². The van der Waals surface area contributed by atoms with Crippen molar-refractivity contribution < 1.29 is 39.5 Å². The van der Waals surface area contributed by atoms with Gasteiger partial charge < -0.3 is 29.9 Å². The molecular weight excluding hydrogens is 408 g/mol. The molecular formula is C18H30O8S2. The molecule has 8 nitrogen and oxygen atoms in total. The van der Waals surface area contributed by atoms with Crippen LogP contribution in [0.3, 0.4) is 0 Å². The maximum atomic E-state index is 11.3. The summed E-state index contributed by atoms with van der Waals surface area (Å²) in [6, 6.07) is 0. The van der Waals surface area contributed by atoms with Crippen LogP contribution in [0.4, 0.5) is 0 Å². The number of ether oxygens (including phenoxy) is 2. The average Bonchev–Trinajstić information content (AvgIpc) is 2.58. The summed E-state index contributed by atoms with van der Waals surface area (Å²) in [6.07, 6.45) is 1.23. The van der Waals surface area contributed by atoms with Gasteiger partial charge in [-0.3, -0.25) is 9.59 Å². The number of aliphatic hydroxyl groups is 2. The minimum atomic E-state index is -1.71. The second-order valence-corrected chi connectivity index (χ2v) is 7.42. The zero-order chi connectivity index (χ0) is 21.8. The number of hydrogen-bond donors (Lipinski definition) is 4. The van der Waals surface area contributed by atoms with E-state index in [2.05, 4.69) is 0 Å². The van der Waals surface area contributed by atoms with Crippen LogP contribution < -0.4 is 0 Å². The molecule has 10 heteroatoms. The van der Waals surface area contributed by atoms with Crippen LogP contribution in [0.25, 0.3) is 0 Å². The predicted octanol–water partition coefficient (Wildman–Crippen LogP) is 3.60. The van der Waals surface area contributed by atoms with Gasteiger partial charge in [-0.05, 0) is 50.1 Å². The number of rotatable bonds is 17. The van der Waals surface area contributed by atoms with E-state index in [9.17, 15) is 30.0 Å². The third-order valence-corrected chi connectivity index (χ3v) is 5.08. The highest BCUT2D eigenvalue weighted by molar-refractivity contribution is 7.80. The number of thiocarbonyl (C=S) groups is 2. The molecule has 0 fully saturated rings. The first-order valence-electron chi connectivity index (χ1n) is 9.23. The zero-order valence-electron chi connectivity index (χ0n) is 16.3. The molecule has 0 aromatic rings. The Morgan fingerprint density at radius 2 is 1.07 bits per heavy atom. The lowest BCUT2D eigenvalue weighted by atomic mass is 9.85. The van der Waals surface area contributed by atoms with Gasteiger partial charge in [0, 0.05) is 13.2 Å². The fraction of sp³-hybridized carbons (Fsp3) is 0.778. The number of hydrogen-bond acceptors (Lipinski definition) is 6. The summed E-state index contributed by atoms with van der Waals surface area (Å²) < 4.78 is 11.3. The van der Waals surface area contributed by atoms with Gasteiger partial charge in [0.15, 0.2) is 10.1 Å². The smallest absolute Gasteiger partial charge is 0.306 e. The van der Waals surface area contributed by atoms with Gasteiger partial charge in [0.1, 0.15) is 11.2 Å². The molecule has 0 aromatic carbocycles. The van der Waals surface area contributed by atoms with E-state index in [1.54, 1.807) is 0 Å². The normalized spacial score (nSPS) is 15.4. The molecule has 0 aliphatic rings. The van der Waals surface area contributed by atoms with Crippen LogP contribution in [-0.2, 0) is 19.1 Å². The molecule has 0 amide bonds. The van der Waals surface area contributed by atoms with E-state index in [1.165, 1.54) is 0 Å². The highest BCUT2D eigenvalue weighted by atomic mass is 32.1. The van der Waals surface area contributed by atoms with E-state index in [4.69, 9.17) is 33.9 Å². The number of carbonyl (C=O) groups is 2. The number of carboxylic acids is 2. The van der Waals surface area contributed by atoms with E-state index in [-0.39, 0.29) is 26.1 Å². The minimum absolute atomic E-state index is 0.163. The third kappa shape index (κ3) is 8.76. The molecule has 0 bridgehead atoms. The molecule has 2 atom stereocenters. The van der Waals surface area contributed by atoms with E-state index < -0.39 is 46.1 Å². The van der Waals surface area contributed by atoms with Crippen molar-refractivity contribution in [1.82, 2.24) is 0 Å². The van der Waals surface area contributed by atoms with Gasteiger partial charge in [0.25, 0.3) is 0 Å². The molecule has 0 spiro atoms. The Kier molecular flexibility index (Phi) is 12.3. The molecule has 0 radical (unpaired) electrons. The van der Waals surface area contributed by atoms with Crippen LogP contribution in [0.5, 0.6) is 0 Å². The maximum Gasteiger partial charge on any atom is 0.306 e. The molecule has 0 saturated heterocycles. The van der Waals surface area contributed by atoms with Gasteiger partial charge in [-0.15, -0.1) is 0 Å². The highest BCUT2D eigenvalue weighted by Gasteiger charge is 2.45. The summed E-state index contributed by atoms with van der Waals surface area (Å²) in [7, 11) is 0. The maximum absolute atomic E-state index is 11.3. The van der Waals surface area contributed by atoms with Crippen molar-refractivity contribution in [2.75, 3.05) is 13.2 Å². The Hall–Kier alpha value is -1.36. The fourth-order valence-electron chi connectivity index (χ4n) is 2.63. The summed E-state index contributed by atoms with van der Waals surface area (Å²) in [5.41, 5.74) is -3.42. The Morgan fingerprint density at radius 3 is 1.29 bits per heavy atom. The quantitative estimate of drug-likeness (QED) is 0.197. The standard InChI is InChI=1S/C18H30O8S2/c1-3-5-9-25-17(15(23)27,11-13(19)20)7-8-18(16(24)28,12-14(21)22)26-10-6-4-2/h3-12H2,1-2H3,(H,19,20)(H,21,22)(H,23,27)(H,24,28). The zero-order valence-corrected chi connectivity index (χ0v) is 17.9. The first-order chi connectivity index (χ1) is 13.0. The summed E-state index contributed by atoms with van der Waals surface area (Å²) in [5, 5.41) is 37.3. The van der Waals surface area contributed by atoms with Crippen LogP contribution in [0, 0.1) is 0 Å². The first kappa shape index (κ1) is 26.6. The Morgan fingerprint density at radius 1 is 0.750 bits per heavy atom. The van der Waals surface area contributed by atoms with E-state index >= 15 is 0 Å². The SMILES string of the molecule is CCCCOC(CCC(CC(=O)O)(OCCCC)C(O)=S)(CC(=O)O)C(O)=S. The third-order valence-electron chi connectivity index (χ3n) is 4.34. The lowest BCUT2D eigenvalue weighted by Crippen LogP contribution is -2.48. The van der Waals surface area contributed by atoms with Crippen molar-refractivity contribution in [3.63, 3.8) is 0 Å². The van der Waals surface area contributed by atoms with Crippen LogP contribution in [-0.4, -0.2) is 66.9 Å². The van der Waals surface area contributed by atoms with Crippen LogP contribution in [0.15, 0.2) is 0 Å². The molecule has 0 aliphatic carbocycles. The summed E-state index contributed by atoms with van der Waals surface area (Å²) in [6.45, 7) is 4.17. The summed E-state index contributed by atoms with van der Waals surface area (Å²) >= 11 is 9.72. The molecule has 162 valence electrons. The second-order valence-electron chi connectivity index (χ2n) is 6.64. The van der Waals surface area contributed by atoms with Crippen molar-refractivity contribution in [3.8, 4) is 0 Å². The summed E-state index contributed by atoms with van der Waals surface area (Å²) in [5.74, 6) is -2.48. The molecule has 28 heavy (non-hydrogen) atoms. The molecule has 0 rings (SSSR count). The Labute approximate surface area is 175 Å². The van der Waals surface area contributed by atoms with Crippen molar-refractivity contribution in [2.24, 2.45) is 0 Å². The highest BCUT2D eigenvalue weighted by Crippen LogP contribution is 2.33. The molecule has 0 aromatic heterocycles. The van der Waals surface area contributed by atoms with Crippen molar-refractivity contribution >= 4 is 46.5 Å². The van der Waals surface area contributed by atoms with Crippen molar-refractivity contribution in [3.05, 3.63) is 0 Å². The molecule has 0 saturated carbocycles. The monoisotopic (exact) mass is 438 g/mol. The molecule has 2 unspecified atom stereocenters. The fourth-order valence-corrected chi connectivity index (χ4v) is 3.09. The van der Waals surface area contributed by atoms with Gasteiger partial charge in [0.05, 0.1) is 12.8 Å². The van der Waals surface area contributed by atoms with Gasteiger partial charge in [-0.1, -0.05) is 26.7 Å². The van der Waals surface area contributed by atoms with E-state index in [0.717, 1.165) is 12.8 Å². The van der Waals surface area contributed by atoms with Crippen molar-refractivity contribution in [1.29, 1.82) is 0 Å². The lowest BCUT2D eigenvalue weighted by molar-refractivity contribution is -0.147. The Balaban J connectivity index is 5.72. The number of unbranched alkanes of at least 4 members (excludes halogenated alkanes) is 2.